The first kappa shape index (κ1) is 22.7. The van der Waals surface area contributed by atoms with Gasteiger partial charge in [-0.2, -0.15) is 5.26 Å². The van der Waals surface area contributed by atoms with Crippen LogP contribution in [0.2, 0.25) is 0 Å². The Kier molecular flexibility index (Phi) is 9.41. The number of nitrogens with zero attached hydrogens (tertiary/aromatic N) is 2. The van der Waals surface area contributed by atoms with E-state index < -0.39 is 6.09 Å². The van der Waals surface area contributed by atoms with Crippen LogP contribution in [0.4, 0.5) is 10.5 Å². The number of carbonyl (C=O) groups is 2. The molecular weight excluding hydrogens is 372 g/mol. The molecule has 1 atom stereocenters. The number of ether oxygens (including phenoxy) is 2. The summed E-state index contributed by atoms with van der Waals surface area (Å²) in [5.41, 5.74) is 1.36. The van der Waals surface area contributed by atoms with Crippen LogP contribution in [-0.2, 0) is 14.3 Å². The van der Waals surface area contributed by atoms with Crippen molar-refractivity contribution in [3.63, 3.8) is 0 Å². The lowest BCUT2D eigenvalue weighted by molar-refractivity contribution is -0.122. The van der Waals surface area contributed by atoms with Gasteiger partial charge >= 0.3 is 6.09 Å². The predicted molar refractivity (Wildman–Crippen MR) is 109 cm³/mol. The molecule has 0 aromatic heterocycles. The molecule has 29 heavy (non-hydrogen) atoms. The highest BCUT2D eigenvalue weighted by Crippen LogP contribution is 2.26. The number of morpholine rings is 1. The molecule has 0 spiro atoms. The van der Waals surface area contributed by atoms with Gasteiger partial charge in [0, 0.05) is 25.3 Å². The van der Waals surface area contributed by atoms with Crippen molar-refractivity contribution in [1.82, 2.24) is 10.2 Å². The van der Waals surface area contributed by atoms with E-state index in [1.807, 2.05) is 26.0 Å². The van der Waals surface area contributed by atoms with Crippen molar-refractivity contribution in [2.24, 2.45) is 5.92 Å². The molecule has 2 amide bonds. The lowest BCUT2D eigenvalue weighted by Crippen LogP contribution is -2.38. The van der Waals surface area contributed by atoms with Crippen LogP contribution in [0.25, 0.3) is 0 Å². The average Bonchev–Trinajstić information content (AvgIpc) is 2.71. The molecule has 1 aliphatic heterocycles. The summed E-state index contributed by atoms with van der Waals surface area (Å²) >= 11 is 0. The topological polar surface area (TPSA) is 104 Å². The number of carbonyl (C=O) groups excluding carboxylic acids is 2. The summed E-state index contributed by atoms with van der Waals surface area (Å²) < 4.78 is 10.6. The zero-order valence-corrected chi connectivity index (χ0v) is 17.1. The molecule has 1 saturated heterocycles. The van der Waals surface area contributed by atoms with E-state index in [0.29, 0.717) is 44.4 Å². The first-order valence-corrected chi connectivity index (χ1v) is 9.98. The van der Waals surface area contributed by atoms with Gasteiger partial charge in [-0.1, -0.05) is 26.0 Å². The predicted octanol–water partition coefficient (Wildman–Crippen LogP) is 2.34. The van der Waals surface area contributed by atoms with Crippen LogP contribution in [0.5, 0.6) is 0 Å². The van der Waals surface area contributed by atoms with Crippen molar-refractivity contribution in [1.29, 1.82) is 5.26 Å². The van der Waals surface area contributed by atoms with Crippen molar-refractivity contribution >= 4 is 17.7 Å². The molecule has 8 heteroatoms. The monoisotopic (exact) mass is 402 g/mol. The summed E-state index contributed by atoms with van der Waals surface area (Å²) in [4.78, 5) is 26.8. The Morgan fingerprint density at radius 1 is 1.31 bits per heavy atom. The van der Waals surface area contributed by atoms with E-state index in [2.05, 4.69) is 15.5 Å². The molecule has 0 aliphatic carbocycles. The Balaban J connectivity index is 1.92. The summed E-state index contributed by atoms with van der Waals surface area (Å²) in [6, 6.07) is 9.11. The third kappa shape index (κ3) is 8.10. The molecule has 0 radical (unpaired) electrons. The lowest BCUT2D eigenvalue weighted by Gasteiger charge is -2.26. The van der Waals surface area contributed by atoms with Crippen LogP contribution in [0.1, 0.15) is 31.7 Å². The van der Waals surface area contributed by atoms with Gasteiger partial charge in [-0.15, -0.1) is 0 Å². The Bertz CT molecular complexity index is 711. The molecule has 1 aliphatic rings. The minimum absolute atomic E-state index is 0.0269. The van der Waals surface area contributed by atoms with Crippen molar-refractivity contribution < 1.29 is 19.1 Å². The largest absolute Gasteiger partial charge is 0.448 e. The molecule has 1 heterocycles. The van der Waals surface area contributed by atoms with Gasteiger partial charge in [0.2, 0.25) is 5.91 Å². The second kappa shape index (κ2) is 12.0. The first-order chi connectivity index (χ1) is 14.0. The number of amides is 2. The zero-order valence-electron chi connectivity index (χ0n) is 17.1. The van der Waals surface area contributed by atoms with Gasteiger partial charge in [-0.25, -0.2) is 4.79 Å². The number of nitrogens with one attached hydrogen (secondary N) is 2. The second-order valence-corrected chi connectivity index (χ2v) is 7.40. The number of anilines is 1. The fourth-order valence-electron chi connectivity index (χ4n) is 3.20. The summed E-state index contributed by atoms with van der Waals surface area (Å²) in [7, 11) is 0. The van der Waals surface area contributed by atoms with Crippen LogP contribution in [0.15, 0.2) is 24.3 Å². The molecular formula is C21H30N4O4. The Labute approximate surface area is 172 Å². The van der Waals surface area contributed by atoms with Gasteiger partial charge in [0.1, 0.15) is 13.2 Å². The molecule has 1 aromatic carbocycles. The van der Waals surface area contributed by atoms with E-state index in [0.717, 1.165) is 18.7 Å². The fraction of sp³-hybridized carbons (Fsp3) is 0.571. The van der Waals surface area contributed by atoms with E-state index in [4.69, 9.17) is 14.7 Å². The van der Waals surface area contributed by atoms with Gasteiger partial charge in [0.25, 0.3) is 0 Å². The van der Waals surface area contributed by atoms with Crippen LogP contribution >= 0.6 is 0 Å². The van der Waals surface area contributed by atoms with Gasteiger partial charge in [-0.05, 0) is 30.0 Å². The number of hydrogen-bond donors (Lipinski definition) is 2. The Morgan fingerprint density at radius 2 is 2.07 bits per heavy atom. The third-order valence-electron chi connectivity index (χ3n) is 4.65. The first-order valence-electron chi connectivity index (χ1n) is 9.98. The summed E-state index contributed by atoms with van der Waals surface area (Å²) in [6.07, 6.45) is 0.120. The van der Waals surface area contributed by atoms with Crippen LogP contribution in [-0.4, -0.2) is 62.9 Å². The minimum Gasteiger partial charge on any atom is -0.448 e. The molecule has 2 rings (SSSR count). The van der Waals surface area contributed by atoms with Crippen molar-refractivity contribution in [2.45, 2.75) is 26.2 Å². The van der Waals surface area contributed by atoms with Crippen LogP contribution < -0.4 is 10.6 Å². The van der Waals surface area contributed by atoms with E-state index in [9.17, 15) is 9.59 Å². The Morgan fingerprint density at radius 3 is 2.76 bits per heavy atom. The molecule has 0 bridgehead atoms. The second-order valence-electron chi connectivity index (χ2n) is 7.40. The van der Waals surface area contributed by atoms with E-state index in [1.165, 1.54) is 0 Å². The Hall–Kier alpha value is -2.63. The maximum Gasteiger partial charge on any atom is 0.411 e. The molecule has 1 aromatic rings. The smallest absolute Gasteiger partial charge is 0.411 e. The van der Waals surface area contributed by atoms with Crippen LogP contribution in [0.3, 0.4) is 0 Å². The van der Waals surface area contributed by atoms with Crippen molar-refractivity contribution in [2.75, 3.05) is 51.3 Å². The highest BCUT2D eigenvalue weighted by Gasteiger charge is 2.22. The van der Waals surface area contributed by atoms with Gasteiger partial charge < -0.3 is 14.8 Å². The summed E-state index contributed by atoms with van der Waals surface area (Å²) in [6.45, 7) is 8.13. The molecule has 0 saturated carbocycles. The van der Waals surface area contributed by atoms with Gasteiger partial charge in [-0.3, -0.25) is 15.0 Å². The zero-order chi connectivity index (χ0) is 21.1. The number of benzene rings is 1. The number of hydrogen-bond acceptors (Lipinski definition) is 6. The van der Waals surface area contributed by atoms with E-state index in [1.54, 1.807) is 18.2 Å². The standard InChI is InChI=1S/C21H30N4O4/c1-16(2)14-19(20(26)23-7-6-22)17-4-3-5-18(15-17)24-21(27)29-13-10-25-8-11-28-12-9-25/h3-5,15-16,19H,7-14H2,1-2H3,(H,23,26)(H,24,27). The average molecular weight is 402 g/mol. The maximum absolute atomic E-state index is 12.5. The van der Waals surface area contributed by atoms with Gasteiger partial charge in [0.15, 0.2) is 0 Å². The maximum atomic E-state index is 12.5. The normalized spacial score (nSPS) is 15.4. The molecule has 1 unspecified atom stereocenters. The summed E-state index contributed by atoms with van der Waals surface area (Å²) in [5, 5.41) is 14.1. The van der Waals surface area contributed by atoms with Crippen LogP contribution in [0, 0.1) is 17.2 Å². The quantitative estimate of drug-likeness (QED) is 0.615. The van der Waals surface area contributed by atoms with Crippen molar-refractivity contribution in [3.8, 4) is 6.07 Å². The fourth-order valence-corrected chi connectivity index (χ4v) is 3.20. The summed E-state index contributed by atoms with van der Waals surface area (Å²) in [5.74, 6) is -0.275. The van der Waals surface area contributed by atoms with Gasteiger partial charge in [0.05, 0.1) is 25.2 Å². The molecule has 2 N–H and O–H groups in total. The molecule has 1 fully saturated rings. The highest BCUT2D eigenvalue weighted by molar-refractivity contribution is 5.86. The molecule has 8 nitrogen and oxygen atoms in total. The SMILES string of the molecule is CC(C)CC(C(=O)NCC#N)c1cccc(NC(=O)OCCN2CCOCC2)c1. The highest BCUT2D eigenvalue weighted by atomic mass is 16.5. The minimum atomic E-state index is -0.523. The third-order valence-corrected chi connectivity index (χ3v) is 4.65. The van der Waals surface area contributed by atoms with E-state index in [-0.39, 0.29) is 18.4 Å². The number of rotatable bonds is 9. The van der Waals surface area contributed by atoms with Crippen molar-refractivity contribution in [3.05, 3.63) is 29.8 Å². The lowest BCUT2D eigenvalue weighted by atomic mass is 9.89. The van der Waals surface area contributed by atoms with E-state index >= 15 is 0 Å². The number of nitriles is 1. The molecule has 158 valence electrons.